The zero-order valence-corrected chi connectivity index (χ0v) is 29.5. The normalized spacial score (nSPS) is 12.0. The quantitative estimate of drug-likeness (QED) is 0.183. The van der Waals surface area contributed by atoms with Gasteiger partial charge in [0, 0.05) is 43.6 Å². The number of aromatic nitrogens is 4. The van der Waals surface area contributed by atoms with E-state index >= 15 is 0 Å². The molecule has 0 radical (unpaired) electrons. The predicted octanol–water partition coefficient (Wildman–Crippen LogP) is 13.1. The summed E-state index contributed by atoms with van der Waals surface area (Å²) in [5, 5.41) is 7.70. The molecule has 12 rings (SSSR count). The lowest BCUT2D eigenvalue weighted by Gasteiger charge is -2.12. The highest BCUT2D eigenvalue weighted by atomic mass is 16.3. The molecular formula is C50H30N4O. The molecule has 0 saturated heterocycles. The molecule has 12 aromatic rings. The molecule has 0 unspecified atom stereocenters. The monoisotopic (exact) mass is 702 g/mol. The summed E-state index contributed by atoms with van der Waals surface area (Å²) in [5.41, 5.74) is 12.2. The molecule has 0 aliphatic heterocycles. The minimum Gasteiger partial charge on any atom is -0.455 e. The van der Waals surface area contributed by atoms with E-state index in [0.29, 0.717) is 5.95 Å². The summed E-state index contributed by atoms with van der Waals surface area (Å²) >= 11 is 0. The molecule has 0 aliphatic rings. The average molecular weight is 703 g/mol. The first-order valence-corrected chi connectivity index (χ1v) is 18.6. The van der Waals surface area contributed by atoms with Gasteiger partial charge in [-0.15, -0.1) is 0 Å². The number of para-hydroxylation sites is 4. The van der Waals surface area contributed by atoms with Crippen LogP contribution in [0.2, 0.25) is 0 Å². The van der Waals surface area contributed by atoms with Crippen LogP contribution in [0.1, 0.15) is 0 Å². The second-order valence-corrected chi connectivity index (χ2v) is 14.1. The maximum absolute atomic E-state index is 6.84. The minimum atomic E-state index is 0.609. The van der Waals surface area contributed by atoms with E-state index in [0.717, 1.165) is 88.2 Å². The Kier molecular flexibility index (Phi) is 6.27. The van der Waals surface area contributed by atoms with Crippen molar-refractivity contribution in [2.24, 2.45) is 0 Å². The third-order valence-electron chi connectivity index (χ3n) is 11.1. The van der Waals surface area contributed by atoms with E-state index in [9.17, 15) is 0 Å². The molecule has 5 nitrogen and oxygen atoms in total. The first-order chi connectivity index (χ1) is 27.3. The second kappa shape index (κ2) is 11.5. The topological polar surface area (TPSA) is 48.8 Å². The maximum atomic E-state index is 6.84. The first-order valence-electron chi connectivity index (χ1n) is 18.6. The molecule has 0 spiro atoms. The molecule has 0 amide bonds. The number of fused-ring (bicyclic) bond motifs is 12. The van der Waals surface area contributed by atoms with Crippen molar-refractivity contribution in [2.45, 2.75) is 0 Å². The van der Waals surface area contributed by atoms with Gasteiger partial charge in [-0.1, -0.05) is 133 Å². The summed E-state index contributed by atoms with van der Waals surface area (Å²) in [5.74, 6) is 0.609. The highest BCUT2D eigenvalue weighted by molar-refractivity contribution is 6.32. The first kappa shape index (κ1) is 30.0. The highest BCUT2D eigenvalue weighted by Crippen LogP contribution is 2.46. The van der Waals surface area contributed by atoms with Crippen molar-refractivity contribution in [2.75, 3.05) is 0 Å². The molecule has 55 heavy (non-hydrogen) atoms. The molecule has 0 saturated carbocycles. The Hall–Kier alpha value is -7.50. The molecule has 8 aromatic carbocycles. The molecular weight excluding hydrogens is 673 g/mol. The van der Waals surface area contributed by atoms with Crippen LogP contribution in [-0.4, -0.2) is 19.1 Å². The Morgan fingerprint density at radius 3 is 1.82 bits per heavy atom. The molecule has 0 aliphatic carbocycles. The fraction of sp³-hybridized carbons (Fsp3) is 0. The van der Waals surface area contributed by atoms with Crippen LogP contribution >= 0.6 is 0 Å². The van der Waals surface area contributed by atoms with E-state index in [1.165, 1.54) is 16.3 Å². The van der Waals surface area contributed by atoms with Crippen LogP contribution in [0.3, 0.4) is 0 Å². The smallest absolute Gasteiger partial charge is 0.235 e. The third-order valence-corrected chi connectivity index (χ3v) is 11.1. The average Bonchev–Trinajstić information content (AvgIpc) is 3.92. The zero-order valence-electron chi connectivity index (χ0n) is 29.5. The van der Waals surface area contributed by atoms with Gasteiger partial charge >= 0.3 is 0 Å². The summed E-state index contributed by atoms with van der Waals surface area (Å²) in [6.07, 6.45) is 0. The number of rotatable bonds is 4. The Bertz CT molecular complexity index is 3470. The van der Waals surface area contributed by atoms with Gasteiger partial charge in [0.25, 0.3) is 0 Å². The van der Waals surface area contributed by atoms with Crippen molar-refractivity contribution in [1.29, 1.82) is 0 Å². The standard InChI is InChI=1S/C50H30N4O/c1-3-13-31(14-4-1)32-23-25-33(26-24-32)47-39-19-7-10-20-40(39)51-50(52-47)54-42-29-27-37-35-17-8-11-21-41(35)53(34-15-5-2-6-16-34)48(37)45(42)46-43(54)30-28-38-36-18-9-12-22-44(36)55-49(38)46/h1-30H. The summed E-state index contributed by atoms with van der Waals surface area (Å²) in [7, 11) is 0. The number of furan rings is 1. The number of hydrogen-bond acceptors (Lipinski definition) is 3. The van der Waals surface area contributed by atoms with Gasteiger partial charge in [-0.05, 0) is 59.7 Å². The van der Waals surface area contributed by atoms with E-state index in [2.05, 4.69) is 173 Å². The van der Waals surface area contributed by atoms with Gasteiger partial charge in [0.2, 0.25) is 5.95 Å². The minimum absolute atomic E-state index is 0.609. The maximum Gasteiger partial charge on any atom is 0.235 e. The Morgan fingerprint density at radius 1 is 0.382 bits per heavy atom. The highest BCUT2D eigenvalue weighted by Gasteiger charge is 2.25. The van der Waals surface area contributed by atoms with Gasteiger partial charge in [-0.25, -0.2) is 9.97 Å². The lowest BCUT2D eigenvalue weighted by molar-refractivity contribution is 0.673. The molecule has 5 heteroatoms. The van der Waals surface area contributed by atoms with Crippen LogP contribution in [0.5, 0.6) is 0 Å². The molecule has 0 bridgehead atoms. The van der Waals surface area contributed by atoms with Crippen LogP contribution in [0, 0.1) is 0 Å². The van der Waals surface area contributed by atoms with Crippen LogP contribution in [0.25, 0.3) is 110 Å². The van der Waals surface area contributed by atoms with Crippen molar-refractivity contribution in [1.82, 2.24) is 19.1 Å². The van der Waals surface area contributed by atoms with Gasteiger partial charge < -0.3 is 8.98 Å². The van der Waals surface area contributed by atoms with Gasteiger partial charge in [-0.2, -0.15) is 0 Å². The molecule has 0 fully saturated rings. The van der Waals surface area contributed by atoms with Gasteiger partial charge in [0.1, 0.15) is 11.2 Å². The van der Waals surface area contributed by atoms with Crippen LogP contribution in [0.15, 0.2) is 186 Å². The molecule has 4 heterocycles. The Balaban J connectivity index is 1.22. The third kappa shape index (κ3) is 4.35. The summed E-state index contributed by atoms with van der Waals surface area (Å²) < 4.78 is 11.5. The van der Waals surface area contributed by atoms with Crippen LogP contribution in [0.4, 0.5) is 0 Å². The van der Waals surface area contributed by atoms with Crippen LogP contribution in [-0.2, 0) is 0 Å². The molecule has 4 aromatic heterocycles. The van der Waals surface area contributed by atoms with E-state index in [1.807, 2.05) is 18.2 Å². The van der Waals surface area contributed by atoms with Crippen molar-refractivity contribution in [3.05, 3.63) is 182 Å². The van der Waals surface area contributed by atoms with Crippen molar-refractivity contribution in [3.8, 4) is 34.0 Å². The number of hydrogen-bond donors (Lipinski definition) is 0. The van der Waals surface area contributed by atoms with Crippen molar-refractivity contribution >= 4 is 76.5 Å². The van der Waals surface area contributed by atoms with E-state index in [4.69, 9.17) is 14.4 Å². The van der Waals surface area contributed by atoms with Crippen molar-refractivity contribution < 1.29 is 4.42 Å². The second-order valence-electron chi connectivity index (χ2n) is 14.1. The Labute approximate surface area is 315 Å². The summed E-state index contributed by atoms with van der Waals surface area (Å²) in [6, 6.07) is 64.0. The lowest BCUT2D eigenvalue weighted by Crippen LogP contribution is -2.03. The largest absolute Gasteiger partial charge is 0.455 e. The molecule has 0 N–H and O–H groups in total. The van der Waals surface area contributed by atoms with Gasteiger partial charge in [-0.3, -0.25) is 4.57 Å². The molecule has 0 atom stereocenters. The van der Waals surface area contributed by atoms with E-state index in [-0.39, 0.29) is 0 Å². The van der Waals surface area contributed by atoms with Gasteiger partial charge in [0.05, 0.1) is 38.7 Å². The fourth-order valence-corrected chi connectivity index (χ4v) is 8.71. The van der Waals surface area contributed by atoms with Gasteiger partial charge in [0.15, 0.2) is 0 Å². The zero-order chi connectivity index (χ0) is 36.0. The predicted molar refractivity (Wildman–Crippen MR) is 226 cm³/mol. The number of benzene rings is 8. The fourth-order valence-electron chi connectivity index (χ4n) is 8.71. The van der Waals surface area contributed by atoms with Crippen LogP contribution < -0.4 is 0 Å². The SMILES string of the molecule is c1ccc(-c2ccc(-c3nc(-n4c5ccc6c7ccccc7oc6c5c5c4ccc4c6ccccc6n(-c6ccccc6)c45)nc4ccccc34)cc2)cc1. The van der Waals surface area contributed by atoms with E-state index < -0.39 is 0 Å². The van der Waals surface area contributed by atoms with Crippen molar-refractivity contribution in [3.63, 3.8) is 0 Å². The Morgan fingerprint density at radius 2 is 1.00 bits per heavy atom. The lowest BCUT2D eigenvalue weighted by atomic mass is 10.0. The van der Waals surface area contributed by atoms with E-state index in [1.54, 1.807) is 0 Å². The molecule has 256 valence electrons. The summed E-state index contributed by atoms with van der Waals surface area (Å²) in [4.78, 5) is 10.8. The summed E-state index contributed by atoms with van der Waals surface area (Å²) in [6.45, 7) is 0. The number of nitrogens with zero attached hydrogens (tertiary/aromatic N) is 4.